The van der Waals surface area contributed by atoms with Crippen molar-refractivity contribution in [2.75, 3.05) is 18.1 Å². The molecule has 0 saturated carbocycles. The van der Waals surface area contributed by atoms with Gasteiger partial charge in [-0.05, 0) is 18.2 Å². The number of nitrogens with zero attached hydrogens (tertiary/aromatic N) is 1. The summed E-state index contributed by atoms with van der Waals surface area (Å²) in [6, 6.07) is 4.63. The fourth-order valence-electron chi connectivity index (χ4n) is 1.35. The first-order valence-electron chi connectivity index (χ1n) is 4.52. The molecule has 0 atom stereocenters. The van der Waals surface area contributed by atoms with Gasteiger partial charge < -0.3 is 10.8 Å². The molecule has 0 amide bonds. The SMILES string of the molecule is Nc1nc2ccc(S(=O)(=O)CCO)cc2s1. The van der Waals surface area contributed by atoms with E-state index in [1.54, 1.807) is 6.07 Å². The molecule has 0 aliphatic heterocycles. The molecule has 86 valence electrons. The number of hydrogen-bond donors (Lipinski definition) is 2. The van der Waals surface area contributed by atoms with Crippen molar-refractivity contribution in [1.82, 2.24) is 4.98 Å². The van der Waals surface area contributed by atoms with Crippen molar-refractivity contribution >= 4 is 36.5 Å². The molecule has 0 fully saturated rings. The van der Waals surface area contributed by atoms with E-state index in [1.807, 2.05) is 0 Å². The minimum atomic E-state index is -3.40. The molecule has 1 aromatic heterocycles. The quantitative estimate of drug-likeness (QED) is 0.843. The predicted octanol–water partition coefficient (Wildman–Crippen LogP) is 0.644. The van der Waals surface area contributed by atoms with Crippen LogP contribution in [0.3, 0.4) is 0 Å². The highest BCUT2D eigenvalue weighted by molar-refractivity contribution is 7.91. The first-order chi connectivity index (χ1) is 7.53. The fraction of sp³-hybridized carbons (Fsp3) is 0.222. The molecule has 0 bridgehead atoms. The Balaban J connectivity index is 2.54. The van der Waals surface area contributed by atoms with Gasteiger partial charge in [0, 0.05) is 0 Å². The van der Waals surface area contributed by atoms with Gasteiger partial charge in [0.15, 0.2) is 15.0 Å². The van der Waals surface area contributed by atoms with Crippen LogP contribution in [0.5, 0.6) is 0 Å². The van der Waals surface area contributed by atoms with E-state index in [2.05, 4.69) is 4.98 Å². The van der Waals surface area contributed by atoms with E-state index in [0.717, 1.165) is 4.70 Å². The summed E-state index contributed by atoms with van der Waals surface area (Å²) in [6.45, 7) is -0.384. The standard InChI is InChI=1S/C9H10N2O3S2/c10-9-11-7-2-1-6(5-8(7)15-9)16(13,14)4-3-12/h1-2,5,12H,3-4H2,(H2,10,11). The Morgan fingerprint density at radius 2 is 2.19 bits per heavy atom. The lowest BCUT2D eigenvalue weighted by Gasteiger charge is -2.01. The van der Waals surface area contributed by atoms with Crippen molar-refractivity contribution in [2.45, 2.75) is 4.90 Å². The van der Waals surface area contributed by atoms with Crippen LogP contribution in [-0.2, 0) is 9.84 Å². The van der Waals surface area contributed by atoms with Crippen molar-refractivity contribution in [2.24, 2.45) is 0 Å². The Hall–Kier alpha value is -1.18. The number of fused-ring (bicyclic) bond motifs is 1. The van der Waals surface area contributed by atoms with Crippen LogP contribution in [0, 0.1) is 0 Å². The molecule has 0 spiro atoms. The zero-order valence-electron chi connectivity index (χ0n) is 8.25. The van der Waals surface area contributed by atoms with Gasteiger partial charge in [-0.25, -0.2) is 13.4 Å². The monoisotopic (exact) mass is 258 g/mol. The number of benzene rings is 1. The number of anilines is 1. The number of nitrogen functional groups attached to an aromatic ring is 1. The van der Waals surface area contributed by atoms with E-state index in [-0.39, 0.29) is 17.3 Å². The summed E-state index contributed by atoms with van der Waals surface area (Å²) in [5.41, 5.74) is 6.21. The van der Waals surface area contributed by atoms with Crippen LogP contribution in [-0.4, -0.2) is 30.9 Å². The molecule has 0 unspecified atom stereocenters. The van der Waals surface area contributed by atoms with Gasteiger partial charge >= 0.3 is 0 Å². The van der Waals surface area contributed by atoms with E-state index < -0.39 is 9.84 Å². The Bertz CT molecular complexity index is 619. The lowest BCUT2D eigenvalue weighted by atomic mass is 10.3. The van der Waals surface area contributed by atoms with E-state index in [4.69, 9.17) is 10.8 Å². The van der Waals surface area contributed by atoms with Crippen molar-refractivity contribution in [1.29, 1.82) is 0 Å². The number of aliphatic hydroxyl groups excluding tert-OH is 1. The summed E-state index contributed by atoms with van der Waals surface area (Å²) >= 11 is 1.24. The van der Waals surface area contributed by atoms with Crippen molar-refractivity contribution in [3.05, 3.63) is 18.2 Å². The van der Waals surface area contributed by atoms with Gasteiger partial charge in [0.25, 0.3) is 0 Å². The number of sulfone groups is 1. The molecule has 0 radical (unpaired) electrons. The molecular weight excluding hydrogens is 248 g/mol. The van der Waals surface area contributed by atoms with E-state index >= 15 is 0 Å². The molecule has 0 aliphatic carbocycles. The van der Waals surface area contributed by atoms with Gasteiger partial charge in [-0.1, -0.05) is 11.3 Å². The number of aromatic nitrogens is 1. The molecule has 0 aliphatic rings. The minimum absolute atomic E-state index is 0.192. The maximum atomic E-state index is 11.7. The Labute approximate surface area is 96.5 Å². The molecular formula is C9H10N2O3S2. The van der Waals surface area contributed by atoms with Crippen LogP contribution in [0.2, 0.25) is 0 Å². The van der Waals surface area contributed by atoms with Crippen LogP contribution >= 0.6 is 11.3 Å². The molecule has 1 aromatic carbocycles. The van der Waals surface area contributed by atoms with Crippen LogP contribution in [0.25, 0.3) is 10.2 Å². The highest BCUT2D eigenvalue weighted by atomic mass is 32.2. The minimum Gasteiger partial charge on any atom is -0.395 e. The van der Waals surface area contributed by atoms with Crippen molar-refractivity contribution in [3.8, 4) is 0 Å². The highest BCUT2D eigenvalue weighted by Gasteiger charge is 2.14. The van der Waals surface area contributed by atoms with Gasteiger partial charge in [0.05, 0.1) is 27.5 Å². The molecule has 2 rings (SSSR count). The summed E-state index contributed by atoms with van der Waals surface area (Å²) in [4.78, 5) is 4.23. The average Bonchev–Trinajstić information content (AvgIpc) is 2.56. The number of rotatable bonds is 3. The third kappa shape index (κ3) is 2.01. The lowest BCUT2D eigenvalue weighted by Crippen LogP contribution is -2.09. The number of aliphatic hydroxyl groups is 1. The largest absolute Gasteiger partial charge is 0.395 e. The Morgan fingerprint density at radius 1 is 1.44 bits per heavy atom. The Morgan fingerprint density at radius 3 is 2.88 bits per heavy atom. The van der Waals surface area contributed by atoms with Gasteiger partial charge in [0.2, 0.25) is 0 Å². The zero-order chi connectivity index (χ0) is 11.8. The molecule has 2 aromatic rings. The second-order valence-electron chi connectivity index (χ2n) is 3.22. The summed E-state index contributed by atoms with van der Waals surface area (Å²) in [6.07, 6.45) is 0. The first-order valence-corrected chi connectivity index (χ1v) is 6.99. The van der Waals surface area contributed by atoms with Crippen LogP contribution in [0.1, 0.15) is 0 Å². The number of hydrogen-bond acceptors (Lipinski definition) is 6. The molecule has 0 saturated heterocycles. The molecule has 1 heterocycles. The summed E-state index contributed by atoms with van der Waals surface area (Å²) in [5, 5.41) is 9.08. The van der Waals surface area contributed by atoms with Crippen molar-refractivity contribution in [3.63, 3.8) is 0 Å². The molecule has 3 N–H and O–H groups in total. The number of nitrogens with two attached hydrogens (primary N) is 1. The highest BCUT2D eigenvalue weighted by Crippen LogP contribution is 2.26. The van der Waals surface area contributed by atoms with E-state index in [0.29, 0.717) is 10.6 Å². The maximum Gasteiger partial charge on any atom is 0.181 e. The van der Waals surface area contributed by atoms with Gasteiger partial charge in [-0.15, -0.1) is 0 Å². The first kappa shape index (κ1) is 11.3. The van der Waals surface area contributed by atoms with Crippen LogP contribution in [0.15, 0.2) is 23.1 Å². The predicted molar refractivity (Wildman–Crippen MR) is 63.2 cm³/mol. The Kier molecular flexibility index (Phi) is 2.83. The normalized spacial score (nSPS) is 12.1. The second kappa shape index (κ2) is 4.00. The molecule has 5 nitrogen and oxygen atoms in total. The third-order valence-corrected chi connectivity index (χ3v) is 4.64. The van der Waals surface area contributed by atoms with Gasteiger partial charge in [-0.3, -0.25) is 0 Å². The van der Waals surface area contributed by atoms with E-state index in [1.165, 1.54) is 23.5 Å². The summed E-state index contributed by atoms with van der Waals surface area (Å²) < 4.78 is 24.1. The maximum absolute atomic E-state index is 11.7. The topological polar surface area (TPSA) is 93.3 Å². The molecule has 7 heteroatoms. The zero-order valence-corrected chi connectivity index (χ0v) is 9.88. The van der Waals surface area contributed by atoms with Crippen molar-refractivity contribution < 1.29 is 13.5 Å². The van der Waals surface area contributed by atoms with Crippen LogP contribution in [0.4, 0.5) is 5.13 Å². The van der Waals surface area contributed by atoms with Crippen LogP contribution < -0.4 is 5.73 Å². The van der Waals surface area contributed by atoms with Gasteiger partial charge in [-0.2, -0.15) is 0 Å². The third-order valence-electron chi connectivity index (χ3n) is 2.10. The summed E-state index contributed by atoms with van der Waals surface area (Å²) in [5.74, 6) is -0.271. The average molecular weight is 258 g/mol. The fourth-order valence-corrected chi connectivity index (χ4v) is 3.25. The smallest absolute Gasteiger partial charge is 0.181 e. The number of thiazole rings is 1. The molecule has 16 heavy (non-hydrogen) atoms. The lowest BCUT2D eigenvalue weighted by molar-refractivity contribution is 0.319. The van der Waals surface area contributed by atoms with Gasteiger partial charge in [0.1, 0.15) is 0 Å². The summed E-state index contributed by atoms with van der Waals surface area (Å²) in [7, 11) is -3.40. The second-order valence-corrected chi connectivity index (χ2v) is 6.40. The van der Waals surface area contributed by atoms with E-state index in [9.17, 15) is 8.42 Å².